The fourth-order valence-electron chi connectivity index (χ4n) is 3.02. The van der Waals surface area contributed by atoms with Gasteiger partial charge in [0.25, 0.3) is 5.91 Å². The number of carboxylic acids is 1. The number of aromatic nitrogens is 1. The molecular weight excluding hydrogens is 328 g/mol. The maximum absolute atomic E-state index is 12.7. The molecule has 1 amide bonds. The van der Waals surface area contributed by atoms with Crippen molar-refractivity contribution in [2.75, 3.05) is 6.54 Å². The van der Waals surface area contributed by atoms with Crippen LogP contribution < -0.4 is 0 Å². The van der Waals surface area contributed by atoms with E-state index in [1.807, 2.05) is 17.5 Å². The van der Waals surface area contributed by atoms with E-state index in [9.17, 15) is 14.7 Å². The Balaban J connectivity index is 1.70. The van der Waals surface area contributed by atoms with E-state index in [1.165, 1.54) is 29.7 Å². The number of amides is 1. The second-order valence-electron chi connectivity index (χ2n) is 5.80. The van der Waals surface area contributed by atoms with E-state index in [1.54, 1.807) is 4.90 Å². The van der Waals surface area contributed by atoms with Gasteiger partial charge in [-0.15, -0.1) is 11.3 Å². The molecule has 0 spiro atoms. The fraction of sp³-hybridized carbons (Fsp3) is 0.353. The second-order valence-corrected chi connectivity index (χ2v) is 6.78. The van der Waals surface area contributed by atoms with Crippen LogP contribution in [-0.2, 0) is 0 Å². The Morgan fingerprint density at radius 3 is 2.83 bits per heavy atom. The predicted molar refractivity (Wildman–Crippen MR) is 89.2 cm³/mol. The summed E-state index contributed by atoms with van der Waals surface area (Å²) in [6.07, 6.45) is 2.99. The summed E-state index contributed by atoms with van der Waals surface area (Å²) in [5.74, 6) is -1.28. The summed E-state index contributed by atoms with van der Waals surface area (Å²) in [6.45, 7) is 0.640. The van der Waals surface area contributed by atoms with Crippen LogP contribution in [-0.4, -0.2) is 44.6 Å². The summed E-state index contributed by atoms with van der Waals surface area (Å²) in [4.78, 5) is 30.0. The highest BCUT2D eigenvalue weighted by Crippen LogP contribution is 2.30. The van der Waals surface area contributed by atoms with Gasteiger partial charge in [0.2, 0.25) is 0 Å². The molecule has 1 aliphatic heterocycles. The van der Waals surface area contributed by atoms with Crippen molar-refractivity contribution < 1.29 is 19.8 Å². The Bertz CT molecular complexity index is 715. The molecule has 6 nitrogen and oxygen atoms in total. The molecule has 0 aromatic carbocycles. The molecule has 0 bridgehead atoms. The first-order valence-electron chi connectivity index (χ1n) is 7.78. The first-order valence-corrected chi connectivity index (χ1v) is 8.66. The lowest BCUT2D eigenvalue weighted by atomic mass is 10.1. The van der Waals surface area contributed by atoms with Crippen molar-refractivity contribution in [2.45, 2.75) is 31.4 Å². The third-order valence-corrected chi connectivity index (χ3v) is 5.21. The molecule has 2 aromatic heterocycles. The minimum atomic E-state index is -1.12. The van der Waals surface area contributed by atoms with Gasteiger partial charge in [0, 0.05) is 23.7 Å². The van der Waals surface area contributed by atoms with Crippen molar-refractivity contribution >= 4 is 23.2 Å². The van der Waals surface area contributed by atoms with Crippen molar-refractivity contribution in [1.29, 1.82) is 0 Å². The minimum Gasteiger partial charge on any atom is -0.477 e. The number of hydrogen-bond donors (Lipinski definition) is 2. The summed E-state index contributed by atoms with van der Waals surface area (Å²) >= 11 is 1.51. The Morgan fingerprint density at radius 2 is 2.21 bits per heavy atom. The molecule has 0 saturated carbocycles. The molecule has 3 heterocycles. The maximum Gasteiger partial charge on any atom is 0.354 e. The van der Waals surface area contributed by atoms with Crippen molar-refractivity contribution in [2.24, 2.45) is 0 Å². The van der Waals surface area contributed by atoms with E-state index in [2.05, 4.69) is 4.98 Å². The Labute approximate surface area is 143 Å². The van der Waals surface area contributed by atoms with Crippen LogP contribution in [0.3, 0.4) is 0 Å². The van der Waals surface area contributed by atoms with Crippen LogP contribution in [0.25, 0.3) is 0 Å². The second kappa shape index (κ2) is 7.11. The molecular formula is C17H18N2O4S. The Morgan fingerprint density at radius 1 is 1.38 bits per heavy atom. The van der Waals surface area contributed by atoms with Gasteiger partial charge in [-0.3, -0.25) is 4.79 Å². The maximum atomic E-state index is 12.7. The molecule has 24 heavy (non-hydrogen) atoms. The zero-order valence-electron chi connectivity index (χ0n) is 13.0. The van der Waals surface area contributed by atoms with Gasteiger partial charge < -0.3 is 15.1 Å². The number of aliphatic hydroxyl groups is 1. The van der Waals surface area contributed by atoms with Crippen LogP contribution in [0, 0.1) is 0 Å². The van der Waals surface area contributed by atoms with Crippen molar-refractivity contribution in [1.82, 2.24) is 9.88 Å². The number of hydrogen-bond acceptors (Lipinski definition) is 5. The fourth-order valence-corrected chi connectivity index (χ4v) is 3.74. The van der Waals surface area contributed by atoms with Gasteiger partial charge >= 0.3 is 5.97 Å². The van der Waals surface area contributed by atoms with Crippen molar-refractivity contribution in [3.8, 4) is 0 Å². The SMILES string of the molecule is O=C(O)c1ccc(C(=O)N2CCCC2CC(O)c2cccs2)cn1. The number of carboxylic acid groups (broad SMARTS) is 1. The van der Waals surface area contributed by atoms with Gasteiger partial charge in [0.05, 0.1) is 11.7 Å². The first kappa shape index (κ1) is 16.6. The molecule has 1 saturated heterocycles. The van der Waals surface area contributed by atoms with Crippen molar-refractivity contribution in [3.05, 3.63) is 52.0 Å². The number of rotatable bonds is 5. The monoisotopic (exact) mass is 346 g/mol. The van der Waals surface area contributed by atoms with Crippen LogP contribution in [0.2, 0.25) is 0 Å². The Kier molecular flexibility index (Phi) is 4.92. The number of carbonyl (C=O) groups excluding carboxylic acids is 1. The first-order chi connectivity index (χ1) is 11.6. The average molecular weight is 346 g/mol. The number of aromatic carboxylic acids is 1. The predicted octanol–water partition coefficient (Wildman–Crippen LogP) is 2.57. The van der Waals surface area contributed by atoms with Gasteiger partial charge in [-0.2, -0.15) is 0 Å². The topological polar surface area (TPSA) is 90.7 Å². The molecule has 0 radical (unpaired) electrons. The van der Waals surface area contributed by atoms with E-state index >= 15 is 0 Å². The molecule has 2 atom stereocenters. The van der Waals surface area contributed by atoms with Gasteiger partial charge in [0.15, 0.2) is 0 Å². The van der Waals surface area contributed by atoms with E-state index in [0.29, 0.717) is 18.5 Å². The van der Waals surface area contributed by atoms with E-state index in [0.717, 1.165) is 17.7 Å². The smallest absolute Gasteiger partial charge is 0.354 e. The number of pyridine rings is 1. The molecule has 2 N–H and O–H groups in total. The third kappa shape index (κ3) is 3.47. The van der Waals surface area contributed by atoms with Gasteiger partial charge in [0.1, 0.15) is 5.69 Å². The average Bonchev–Trinajstić information content (AvgIpc) is 3.26. The highest BCUT2D eigenvalue weighted by Gasteiger charge is 2.31. The summed E-state index contributed by atoms with van der Waals surface area (Å²) in [5.41, 5.74) is 0.287. The number of nitrogens with zero attached hydrogens (tertiary/aromatic N) is 2. The van der Waals surface area contributed by atoms with Crippen LogP contribution in [0.5, 0.6) is 0 Å². The molecule has 2 aromatic rings. The number of carbonyl (C=O) groups is 2. The summed E-state index contributed by atoms with van der Waals surface area (Å²) < 4.78 is 0. The number of aliphatic hydroxyl groups excluding tert-OH is 1. The van der Waals surface area contributed by atoms with Crippen LogP contribution >= 0.6 is 11.3 Å². The van der Waals surface area contributed by atoms with E-state index in [-0.39, 0.29) is 17.6 Å². The summed E-state index contributed by atoms with van der Waals surface area (Å²) in [7, 11) is 0. The molecule has 126 valence electrons. The quantitative estimate of drug-likeness (QED) is 0.868. The van der Waals surface area contributed by atoms with Gasteiger partial charge in [-0.05, 0) is 42.8 Å². The number of likely N-dealkylation sites (tertiary alicyclic amines) is 1. The minimum absolute atomic E-state index is 0.0197. The molecule has 1 aliphatic rings. The van der Waals surface area contributed by atoms with Crippen LogP contribution in [0.15, 0.2) is 35.8 Å². The van der Waals surface area contributed by atoms with Crippen molar-refractivity contribution in [3.63, 3.8) is 0 Å². The third-order valence-electron chi connectivity index (χ3n) is 4.23. The lowest BCUT2D eigenvalue weighted by molar-refractivity contribution is 0.0660. The normalized spacial score (nSPS) is 18.5. The van der Waals surface area contributed by atoms with E-state index in [4.69, 9.17) is 5.11 Å². The molecule has 7 heteroatoms. The van der Waals surface area contributed by atoms with Crippen LogP contribution in [0.1, 0.15) is 51.1 Å². The molecule has 3 rings (SSSR count). The summed E-state index contributed by atoms with van der Waals surface area (Å²) in [5, 5.41) is 21.1. The molecule has 2 unspecified atom stereocenters. The highest BCUT2D eigenvalue weighted by atomic mass is 32.1. The lowest BCUT2D eigenvalue weighted by Crippen LogP contribution is -2.36. The number of thiophene rings is 1. The highest BCUT2D eigenvalue weighted by molar-refractivity contribution is 7.10. The standard InChI is InChI=1S/C17H18N2O4S/c20-14(15-4-2-8-24-15)9-12-3-1-7-19(12)16(21)11-5-6-13(17(22)23)18-10-11/h2,4-6,8,10,12,14,20H,1,3,7,9H2,(H,22,23). The van der Waals surface area contributed by atoms with Gasteiger partial charge in [-0.1, -0.05) is 6.07 Å². The molecule has 0 aliphatic carbocycles. The largest absolute Gasteiger partial charge is 0.477 e. The molecule has 1 fully saturated rings. The Hall–Kier alpha value is -2.25. The van der Waals surface area contributed by atoms with E-state index < -0.39 is 12.1 Å². The lowest BCUT2D eigenvalue weighted by Gasteiger charge is -2.26. The zero-order chi connectivity index (χ0) is 17.1. The van der Waals surface area contributed by atoms with Gasteiger partial charge in [-0.25, -0.2) is 9.78 Å². The zero-order valence-corrected chi connectivity index (χ0v) is 13.8. The summed E-state index contributed by atoms with van der Waals surface area (Å²) in [6, 6.07) is 6.60. The van der Waals surface area contributed by atoms with Crippen LogP contribution in [0.4, 0.5) is 0 Å².